The fourth-order valence-corrected chi connectivity index (χ4v) is 5.80. The molecule has 0 fully saturated rings. The van der Waals surface area contributed by atoms with E-state index in [1.54, 1.807) is 0 Å². The van der Waals surface area contributed by atoms with Crippen molar-refractivity contribution in [3.8, 4) is 0 Å². The number of aliphatic hydroxyl groups is 3. The van der Waals surface area contributed by atoms with Gasteiger partial charge in [-0.2, -0.15) is 9.78 Å². The second kappa shape index (κ2) is 37.0. The number of carbonyl (C=O) groups is 2. The van der Waals surface area contributed by atoms with Gasteiger partial charge in [0.15, 0.2) is 12.2 Å². The van der Waals surface area contributed by atoms with Gasteiger partial charge in [0, 0.05) is 0 Å². The molecule has 0 radical (unpaired) electrons. The van der Waals surface area contributed by atoms with Gasteiger partial charge in [0.05, 0.1) is 0 Å². The molecule has 0 aliphatic heterocycles. The molecule has 0 aromatic heterocycles. The Bertz CT molecular complexity index is 634. The van der Waals surface area contributed by atoms with E-state index in [9.17, 15) is 24.9 Å². The molecule has 0 aliphatic rings. The average Bonchev–Trinajstić information content (AvgIpc) is 3.08. The molecule has 0 aromatic carbocycles. The zero-order valence-electron chi connectivity index (χ0n) is 31.2. The molecule has 2 unspecified atom stereocenters. The van der Waals surface area contributed by atoms with Crippen molar-refractivity contribution >= 4 is 11.9 Å². The van der Waals surface area contributed by atoms with Gasteiger partial charge in [-0.3, -0.25) is 9.78 Å². The minimum absolute atomic E-state index is 0.295. The predicted molar refractivity (Wildman–Crippen MR) is 192 cm³/mol. The number of aliphatic hydroxyl groups excluding tert-OH is 3. The van der Waals surface area contributed by atoms with Gasteiger partial charge in [0.1, 0.15) is 19.3 Å². The monoisotopic (exact) mass is 689 g/mol. The normalized spacial score (nSPS) is 13.4. The van der Waals surface area contributed by atoms with Gasteiger partial charge in [-0.1, -0.05) is 194 Å². The summed E-state index contributed by atoms with van der Waals surface area (Å²) in [4.78, 5) is 42.4. The summed E-state index contributed by atoms with van der Waals surface area (Å²) in [5.41, 5.74) is 0. The quantitative estimate of drug-likeness (QED) is 0.0329. The summed E-state index contributed by atoms with van der Waals surface area (Å²) in [5, 5.41) is 29.8. The van der Waals surface area contributed by atoms with Crippen molar-refractivity contribution in [2.45, 2.75) is 225 Å². The Labute approximate surface area is 294 Å². The zero-order chi connectivity index (χ0) is 35.3. The van der Waals surface area contributed by atoms with Crippen LogP contribution in [0.1, 0.15) is 206 Å². The highest BCUT2D eigenvalue weighted by Crippen LogP contribution is 2.16. The molecule has 0 spiro atoms. The molecule has 0 bridgehead atoms. The van der Waals surface area contributed by atoms with Gasteiger partial charge < -0.3 is 15.3 Å². The molecule has 0 rings (SSSR count). The smallest absolute Gasteiger partial charge is 0.370 e. The number of unbranched alkanes of at least 4 members (excludes halogenated alkanes) is 26. The minimum atomic E-state index is -1.28. The highest BCUT2D eigenvalue weighted by atomic mass is 17.2. The van der Waals surface area contributed by atoms with Crippen molar-refractivity contribution in [2.75, 3.05) is 13.2 Å². The molecule has 0 saturated carbocycles. The summed E-state index contributed by atoms with van der Waals surface area (Å²) in [5.74, 6) is -1.81. The first-order valence-electron chi connectivity index (χ1n) is 20.1. The Morgan fingerprint density at radius 2 is 0.625 bits per heavy atom. The van der Waals surface area contributed by atoms with Gasteiger partial charge in [0.2, 0.25) is 0 Å². The van der Waals surface area contributed by atoms with E-state index in [1.807, 2.05) is 0 Å². The Morgan fingerprint density at radius 1 is 0.396 bits per heavy atom. The van der Waals surface area contributed by atoms with Crippen molar-refractivity contribution in [1.82, 2.24) is 0 Å². The fraction of sp³-hybridized carbons (Fsp3) is 0.949. The summed E-state index contributed by atoms with van der Waals surface area (Å²) >= 11 is 0. The Kier molecular flexibility index (Phi) is 36.0. The molecule has 0 heterocycles. The van der Waals surface area contributed by atoms with Crippen LogP contribution in [0.15, 0.2) is 0 Å². The first-order chi connectivity index (χ1) is 23.4. The van der Waals surface area contributed by atoms with Crippen molar-refractivity contribution < 1.29 is 44.5 Å². The standard InChI is InChI=1S/C39H76O9/c1-3-5-7-9-11-13-15-17-19-21-23-25-27-29-31-36(41)38(43)47-45-33-35(40)34-46-48-39(44)37(42)32-30-28-26-24-22-20-18-16-14-12-10-8-6-4-2/h35-37,40-42H,3-34H2,1-2H3. The lowest BCUT2D eigenvalue weighted by atomic mass is 10.0. The van der Waals surface area contributed by atoms with Gasteiger partial charge in [-0.25, -0.2) is 9.59 Å². The summed E-state index contributed by atoms with van der Waals surface area (Å²) < 4.78 is 0. The fourth-order valence-electron chi connectivity index (χ4n) is 5.80. The summed E-state index contributed by atoms with van der Waals surface area (Å²) in [6.45, 7) is 3.66. The van der Waals surface area contributed by atoms with Gasteiger partial charge >= 0.3 is 11.9 Å². The van der Waals surface area contributed by atoms with Crippen molar-refractivity contribution in [2.24, 2.45) is 0 Å². The van der Waals surface area contributed by atoms with Crippen LogP contribution in [0, 0.1) is 0 Å². The number of carbonyl (C=O) groups excluding carboxylic acids is 2. The molecular weight excluding hydrogens is 612 g/mol. The van der Waals surface area contributed by atoms with Gasteiger partial charge in [-0.15, -0.1) is 0 Å². The van der Waals surface area contributed by atoms with Crippen LogP contribution in [0.25, 0.3) is 0 Å². The minimum Gasteiger partial charge on any atom is -0.388 e. The second-order valence-electron chi connectivity index (χ2n) is 13.8. The number of hydrogen-bond donors (Lipinski definition) is 3. The first kappa shape index (κ1) is 46.7. The maximum atomic E-state index is 11.9. The van der Waals surface area contributed by atoms with Crippen LogP contribution in [0.5, 0.6) is 0 Å². The molecule has 0 aliphatic carbocycles. The molecular formula is C39H76O9. The molecule has 9 heteroatoms. The maximum absolute atomic E-state index is 11.9. The third-order valence-corrected chi connectivity index (χ3v) is 9.01. The maximum Gasteiger partial charge on any atom is 0.370 e. The van der Waals surface area contributed by atoms with E-state index in [0.29, 0.717) is 12.8 Å². The highest BCUT2D eigenvalue weighted by Gasteiger charge is 2.20. The van der Waals surface area contributed by atoms with E-state index >= 15 is 0 Å². The SMILES string of the molecule is CCCCCCCCCCCCCCCCC(O)C(=O)OOCC(O)COOC(=O)C(O)CCCCCCCCCCCCCCCC. The van der Waals surface area contributed by atoms with Crippen molar-refractivity contribution in [3.63, 3.8) is 0 Å². The van der Waals surface area contributed by atoms with Crippen LogP contribution < -0.4 is 0 Å². The topological polar surface area (TPSA) is 132 Å². The van der Waals surface area contributed by atoms with Gasteiger partial charge in [0.25, 0.3) is 0 Å². The lowest BCUT2D eigenvalue weighted by molar-refractivity contribution is -0.310. The van der Waals surface area contributed by atoms with Crippen molar-refractivity contribution in [1.29, 1.82) is 0 Å². The second-order valence-corrected chi connectivity index (χ2v) is 13.8. The van der Waals surface area contributed by atoms with Crippen molar-refractivity contribution in [3.05, 3.63) is 0 Å². The number of rotatable bonds is 38. The number of hydrogen-bond acceptors (Lipinski definition) is 9. The van der Waals surface area contributed by atoms with Crippen LogP contribution in [0.3, 0.4) is 0 Å². The van der Waals surface area contributed by atoms with E-state index < -0.39 is 43.5 Å². The Balaban J connectivity index is 3.57. The van der Waals surface area contributed by atoms with E-state index in [2.05, 4.69) is 23.6 Å². The van der Waals surface area contributed by atoms with E-state index in [0.717, 1.165) is 38.5 Å². The third kappa shape index (κ3) is 33.2. The van der Waals surface area contributed by atoms with E-state index in [4.69, 9.17) is 9.78 Å². The van der Waals surface area contributed by atoms with Crippen LogP contribution in [-0.4, -0.2) is 58.8 Å². The van der Waals surface area contributed by atoms with E-state index in [-0.39, 0.29) is 0 Å². The van der Waals surface area contributed by atoms with Crippen LogP contribution in [0.4, 0.5) is 0 Å². The molecule has 3 N–H and O–H groups in total. The zero-order valence-corrected chi connectivity index (χ0v) is 31.2. The molecule has 9 nitrogen and oxygen atoms in total. The Morgan fingerprint density at radius 3 is 0.875 bits per heavy atom. The molecule has 286 valence electrons. The molecule has 0 amide bonds. The van der Waals surface area contributed by atoms with Crippen LogP contribution in [-0.2, 0) is 29.1 Å². The summed E-state index contributed by atoms with van der Waals surface area (Å²) in [7, 11) is 0. The van der Waals surface area contributed by atoms with Gasteiger partial charge in [-0.05, 0) is 12.8 Å². The van der Waals surface area contributed by atoms with Crippen LogP contribution >= 0.6 is 0 Å². The lowest BCUT2D eigenvalue weighted by Crippen LogP contribution is -2.28. The highest BCUT2D eigenvalue weighted by molar-refractivity contribution is 5.73. The molecule has 48 heavy (non-hydrogen) atoms. The third-order valence-electron chi connectivity index (χ3n) is 9.01. The predicted octanol–water partition coefficient (Wildman–Crippen LogP) is 9.76. The van der Waals surface area contributed by atoms with Crippen LogP contribution in [0.2, 0.25) is 0 Å². The summed E-state index contributed by atoms with van der Waals surface area (Å²) in [6.07, 6.45) is 31.3. The lowest BCUT2D eigenvalue weighted by Gasteiger charge is -2.13. The molecule has 0 saturated heterocycles. The first-order valence-corrected chi connectivity index (χ1v) is 20.1. The Hall–Kier alpha value is -1.26. The van der Waals surface area contributed by atoms with E-state index in [1.165, 1.54) is 141 Å². The molecule has 2 atom stereocenters. The molecule has 0 aromatic rings. The average molecular weight is 689 g/mol. The largest absolute Gasteiger partial charge is 0.388 e. The summed E-state index contributed by atoms with van der Waals surface area (Å²) in [6, 6.07) is 0.